The van der Waals surface area contributed by atoms with Gasteiger partial charge in [-0.3, -0.25) is 4.79 Å². The molecule has 2 rings (SSSR count). The summed E-state index contributed by atoms with van der Waals surface area (Å²) in [4.78, 5) is 20.5. The average Bonchev–Trinajstić information content (AvgIpc) is 2.19. The van der Waals surface area contributed by atoms with E-state index in [2.05, 4.69) is 15.9 Å². The minimum Gasteiger partial charge on any atom is -0.336 e. The highest BCUT2D eigenvalue weighted by atomic mass is 79.9. The van der Waals surface area contributed by atoms with Gasteiger partial charge in [-0.15, -0.1) is 0 Å². The van der Waals surface area contributed by atoms with Gasteiger partial charge in [0.05, 0.1) is 11.1 Å². The number of carbonyl (C=O) groups excluding carboxylic acids is 1. The second-order valence-corrected chi connectivity index (χ2v) is 3.57. The molecular weight excluding hydrogens is 236 g/mol. The summed E-state index contributed by atoms with van der Waals surface area (Å²) in [6.07, 6.45) is 1.54. The van der Waals surface area contributed by atoms with Crippen molar-refractivity contribution in [2.45, 2.75) is 6.42 Å². The number of halogens is 1. The summed E-state index contributed by atoms with van der Waals surface area (Å²) < 4.78 is 0.813. The van der Waals surface area contributed by atoms with Gasteiger partial charge in [0.25, 0.3) is 0 Å². The first-order valence-electron chi connectivity index (χ1n) is 3.89. The van der Waals surface area contributed by atoms with E-state index in [-0.39, 0.29) is 0 Å². The van der Waals surface area contributed by atoms with E-state index < -0.39 is 0 Å². The second kappa shape index (κ2) is 3.47. The molecule has 0 aromatic heterocycles. The lowest BCUT2D eigenvalue weighted by atomic mass is 10.0. The Morgan fingerprint density at radius 1 is 1.46 bits per heavy atom. The molecule has 0 aliphatic carbocycles. The maximum absolute atomic E-state index is 10.7. The Hall–Kier alpha value is -0.870. The van der Waals surface area contributed by atoms with Gasteiger partial charge in [0.2, 0.25) is 0 Å². The second-order valence-electron chi connectivity index (χ2n) is 2.72. The number of hydrogen-bond acceptors (Lipinski definition) is 3. The molecule has 0 amide bonds. The van der Waals surface area contributed by atoms with Gasteiger partial charge < -0.3 is 4.89 Å². The fourth-order valence-electron chi connectivity index (χ4n) is 1.32. The van der Waals surface area contributed by atoms with Gasteiger partial charge in [0.1, 0.15) is 6.29 Å². The van der Waals surface area contributed by atoms with Crippen molar-refractivity contribution in [1.29, 1.82) is 0 Å². The minimum atomic E-state index is 0.490. The molecule has 0 radical (unpaired) electrons. The van der Waals surface area contributed by atoms with Crippen LogP contribution >= 0.6 is 15.9 Å². The van der Waals surface area contributed by atoms with Crippen molar-refractivity contribution in [1.82, 2.24) is 0 Å². The summed E-state index contributed by atoms with van der Waals surface area (Å²) in [7, 11) is 0. The highest BCUT2D eigenvalue weighted by molar-refractivity contribution is 9.10. The number of fused-ring (bicyclic) bond motifs is 1. The molecule has 0 fully saturated rings. The highest BCUT2D eigenvalue weighted by Crippen LogP contribution is 2.33. The van der Waals surface area contributed by atoms with Crippen molar-refractivity contribution in [3.8, 4) is 5.75 Å². The standard InChI is InChI=1S/C9H7BrO3/c10-8-2-1-6(5-11)7-3-4-12-13-9(7)8/h1-2,5H,3-4H2. The molecule has 3 nitrogen and oxygen atoms in total. The Morgan fingerprint density at radius 2 is 2.31 bits per heavy atom. The maximum Gasteiger partial charge on any atom is 0.183 e. The van der Waals surface area contributed by atoms with Crippen LogP contribution < -0.4 is 4.89 Å². The maximum atomic E-state index is 10.7. The summed E-state index contributed by atoms with van der Waals surface area (Å²) in [5, 5.41) is 0. The van der Waals surface area contributed by atoms with Crippen LogP contribution in [0.15, 0.2) is 16.6 Å². The van der Waals surface area contributed by atoms with Crippen LogP contribution in [0.5, 0.6) is 5.75 Å². The Morgan fingerprint density at radius 3 is 3.08 bits per heavy atom. The summed E-state index contributed by atoms with van der Waals surface area (Å²) in [6, 6.07) is 3.54. The van der Waals surface area contributed by atoms with E-state index in [1.54, 1.807) is 12.1 Å². The Kier molecular flexibility index (Phi) is 2.33. The smallest absolute Gasteiger partial charge is 0.183 e. The first kappa shape index (κ1) is 8.72. The molecule has 0 N–H and O–H groups in total. The molecule has 0 saturated carbocycles. The zero-order chi connectivity index (χ0) is 9.26. The molecule has 0 saturated heterocycles. The molecule has 1 aliphatic rings. The number of aldehydes is 1. The lowest BCUT2D eigenvalue weighted by Gasteiger charge is -2.17. The van der Waals surface area contributed by atoms with Crippen molar-refractivity contribution in [2.75, 3.05) is 6.61 Å². The zero-order valence-corrected chi connectivity index (χ0v) is 8.33. The molecule has 0 spiro atoms. The third kappa shape index (κ3) is 1.47. The summed E-state index contributed by atoms with van der Waals surface area (Å²) in [5.41, 5.74) is 1.58. The summed E-state index contributed by atoms with van der Waals surface area (Å²) in [5.74, 6) is 0.621. The van der Waals surface area contributed by atoms with Crippen molar-refractivity contribution in [3.05, 3.63) is 27.7 Å². The summed E-state index contributed by atoms with van der Waals surface area (Å²) in [6.45, 7) is 0.490. The van der Waals surface area contributed by atoms with Gasteiger partial charge in [0.15, 0.2) is 5.75 Å². The van der Waals surface area contributed by atoms with Gasteiger partial charge in [-0.1, -0.05) is 6.07 Å². The largest absolute Gasteiger partial charge is 0.336 e. The van der Waals surface area contributed by atoms with Gasteiger partial charge in [-0.2, -0.15) is 4.89 Å². The first-order chi connectivity index (χ1) is 6.33. The number of benzene rings is 1. The van der Waals surface area contributed by atoms with E-state index >= 15 is 0 Å². The molecule has 0 bridgehead atoms. The van der Waals surface area contributed by atoms with Crippen LogP contribution in [0.2, 0.25) is 0 Å². The van der Waals surface area contributed by atoms with Crippen LogP contribution in [0.1, 0.15) is 15.9 Å². The molecule has 1 heterocycles. The van der Waals surface area contributed by atoms with Gasteiger partial charge in [-0.25, -0.2) is 0 Å². The Balaban J connectivity index is 2.58. The lowest BCUT2D eigenvalue weighted by molar-refractivity contribution is -0.215. The molecule has 13 heavy (non-hydrogen) atoms. The highest BCUT2D eigenvalue weighted by Gasteiger charge is 2.18. The molecule has 1 aliphatic heterocycles. The molecule has 4 heteroatoms. The topological polar surface area (TPSA) is 35.5 Å². The van der Waals surface area contributed by atoms with E-state index in [1.807, 2.05) is 0 Å². The molecule has 68 valence electrons. The SMILES string of the molecule is O=Cc1ccc(Br)c2c1CCOO2. The predicted octanol–water partition coefficient (Wildman–Crippen LogP) is 2.13. The van der Waals surface area contributed by atoms with E-state index in [4.69, 9.17) is 9.78 Å². The number of hydrogen-bond donors (Lipinski definition) is 0. The number of rotatable bonds is 1. The fourth-order valence-corrected chi connectivity index (χ4v) is 1.75. The van der Waals surface area contributed by atoms with E-state index in [0.717, 1.165) is 16.3 Å². The van der Waals surface area contributed by atoms with Crippen LogP contribution in [-0.4, -0.2) is 12.9 Å². The van der Waals surface area contributed by atoms with Crippen molar-refractivity contribution in [2.24, 2.45) is 0 Å². The molecular formula is C9H7BrO3. The number of carbonyl (C=O) groups is 1. The Bertz CT molecular complexity index is 349. The monoisotopic (exact) mass is 242 g/mol. The molecule has 0 atom stereocenters. The van der Waals surface area contributed by atoms with Crippen molar-refractivity contribution >= 4 is 22.2 Å². The van der Waals surface area contributed by atoms with Gasteiger partial charge in [-0.05, 0) is 22.0 Å². The van der Waals surface area contributed by atoms with Crippen LogP contribution in [0.4, 0.5) is 0 Å². The molecule has 1 aromatic rings. The van der Waals surface area contributed by atoms with Gasteiger partial charge in [0, 0.05) is 17.5 Å². The Labute approximate surface area is 83.7 Å². The fraction of sp³-hybridized carbons (Fsp3) is 0.222. The average molecular weight is 243 g/mol. The van der Waals surface area contributed by atoms with E-state index in [9.17, 15) is 4.79 Å². The zero-order valence-electron chi connectivity index (χ0n) is 6.75. The van der Waals surface area contributed by atoms with Crippen molar-refractivity contribution < 1.29 is 14.6 Å². The van der Waals surface area contributed by atoms with Crippen LogP contribution in [0, 0.1) is 0 Å². The van der Waals surface area contributed by atoms with E-state index in [1.165, 1.54) is 0 Å². The predicted molar refractivity (Wildman–Crippen MR) is 49.8 cm³/mol. The third-order valence-corrected chi connectivity index (χ3v) is 2.58. The van der Waals surface area contributed by atoms with Crippen molar-refractivity contribution in [3.63, 3.8) is 0 Å². The molecule has 0 unspecified atom stereocenters. The lowest BCUT2D eigenvalue weighted by Crippen LogP contribution is -2.13. The van der Waals surface area contributed by atoms with Crippen LogP contribution in [0.3, 0.4) is 0 Å². The normalized spacial score (nSPS) is 14.5. The molecule has 1 aromatic carbocycles. The van der Waals surface area contributed by atoms with E-state index in [0.29, 0.717) is 24.3 Å². The quantitative estimate of drug-likeness (QED) is 0.559. The first-order valence-corrected chi connectivity index (χ1v) is 4.68. The minimum absolute atomic E-state index is 0.490. The van der Waals surface area contributed by atoms with Crippen LogP contribution in [0.25, 0.3) is 0 Å². The van der Waals surface area contributed by atoms with Crippen LogP contribution in [-0.2, 0) is 11.3 Å². The summed E-state index contributed by atoms with van der Waals surface area (Å²) >= 11 is 3.32. The van der Waals surface area contributed by atoms with Gasteiger partial charge >= 0.3 is 0 Å². The third-order valence-electron chi connectivity index (χ3n) is 1.95.